The Hall–Kier alpha value is -2.12. The van der Waals surface area contributed by atoms with Crippen molar-refractivity contribution in [2.24, 2.45) is 5.73 Å². The van der Waals surface area contributed by atoms with Gasteiger partial charge in [-0.25, -0.2) is 4.79 Å². The lowest BCUT2D eigenvalue weighted by Crippen LogP contribution is -2.48. The molecule has 1 aliphatic rings. The number of nitrogens with one attached hydrogen (secondary N) is 2. The zero-order valence-corrected chi connectivity index (χ0v) is 15.7. The molecule has 5 N–H and O–H groups in total. The zero-order chi connectivity index (χ0) is 19.2. The van der Waals surface area contributed by atoms with Gasteiger partial charge in [-0.1, -0.05) is 48.0 Å². The molecule has 0 heterocycles. The SMILES string of the molecule is N[C@@H](CNC(=O)N[C@@H]1CCc2cc(Cl)ccc21)C(O)OCc1ccccc1. The summed E-state index contributed by atoms with van der Waals surface area (Å²) in [6.07, 6.45) is 0.546. The molecule has 2 aromatic carbocycles. The van der Waals surface area contributed by atoms with Crippen molar-refractivity contribution in [1.82, 2.24) is 10.6 Å². The highest BCUT2D eigenvalue weighted by molar-refractivity contribution is 6.30. The summed E-state index contributed by atoms with van der Waals surface area (Å²) < 4.78 is 5.36. The maximum atomic E-state index is 12.2. The minimum atomic E-state index is -1.17. The standard InChI is InChI=1S/C20H24ClN3O3/c21-15-7-8-16-14(10-15)6-9-18(16)24-20(26)23-11-17(22)19(25)27-12-13-4-2-1-3-5-13/h1-5,7-8,10,17-19,25H,6,9,11-12,22H2,(H2,23,24,26)/t17-,18+,19?/m0/s1. The number of aryl methyl sites for hydroxylation is 1. The molecule has 144 valence electrons. The maximum Gasteiger partial charge on any atom is 0.315 e. The topological polar surface area (TPSA) is 96.6 Å². The fourth-order valence-electron chi connectivity index (χ4n) is 3.14. The third kappa shape index (κ3) is 5.43. The third-order valence-electron chi connectivity index (χ3n) is 4.62. The van der Waals surface area contributed by atoms with E-state index in [1.165, 1.54) is 0 Å². The Balaban J connectivity index is 1.41. The summed E-state index contributed by atoms with van der Waals surface area (Å²) in [4.78, 5) is 12.2. The average Bonchev–Trinajstić information content (AvgIpc) is 3.06. The summed E-state index contributed by atoms with van der Waals surface area (Å²) >= 11 is 6.01. The number of aliphatic hydroxyl groups is 1. The quantitative estimate of drug-likeness (QED) is 0.547. The first kappa shape index (κ1) is 19.6. The van der Waals surface area contributed by atoms with E-state index in [1.54, 1.807) is 0 Å². The molecule has 0 aliphatic heterocycles. The van der Waals surface area contributed by atoms with Crippen molar-refractivity contribution in [2.45, 2.75) is 37.8 Å². The molecule has 3 atom stereocenters. The van der Waals surface area contributed by atoms with Gasteiger partial charge in [-0.3, -0.25) is 0 Å². The number of benzene rings is 2. The minimum absolute atomic E-state index is 0.0484. The lowest BCUT2D eigenvalue weighted by atomic mass is 10.1. The monoisotopic (exact) mass is 389 g/mol. The second kappa shape index (κ2) is 9.19. The fourth-order valence-corrected chi connectivity index (χ4v) is 3.33. The van der Waals surface area contributed by atoms with E-state index in [0.717, 1.165) is 29.5 Å². The Bertz CT molecular complexity index is 772. The highest BCUT2D eigenvalue weighted by Gasteiger charge is 2.24. The van der Waals surface area contributed by atoms with Gasteiger partial charge in [-0.05, 0) is 41.7 Å². The van der Waals surface area contributed by atoms with Crippen molar-refractivity contribution < 1.29 is 14.6 Å². The summed E-state index contributed by atoms with van der Waals surface area (Å²) in [5.74, 6) is 0. The number of hydrogen-bond acceptors (Lipinski definition) is 4. The minimum Gasteiger partial charge on any atom is -0.367 e. The highest BCUT2D eigenvalue weighted by Crippen LogP contribution is 2.32. The molecule has 0 saturated carbocycles. The van der Waals surface area contributed by atoms with E-state index in [4.69, 9.17) is 22.1 Å². The van der Waals surface area contributed by atoms with Crippen LogP contribution in [0.1, 0.15) is 29.2 Å². The first-order chi connectivity index (χ1) is 13.0. The molecule has 0 bridgehead atoms. The zero-order valence-electron chi connectivity index (χ0n) is 14.9. The van der Waals surface area contributed by atoms with Crippen molar-refractivity contribution in [1.29, 1.82) is 0 Å². The van der Waals surface area contributed by atoms with E-state index < -0.39 is 12.3 Å². The van der Waals surface area contributed by atoms with Crippen LogP contribution >= 0.6 is 11.6 Å². The molecule has 6 nitrogen and oxygen atoms in total. The van der Waals surface area contributed by atoms with Gasteiger partial charge < -0.3 is 26.2 Å². The molecule has 0 radical (unpaired) electrons. The molecule has 0 saturated heterocycles. The van der Waals surface area contributed by atoms with Gasteiger partial charge in [-0.15, -0.1) is 0 Å². The van der Waals surface area contributed by atoms with Crippen molar-refractivity contribution in [3.63, 3.8) is 0 Å². The summed E-state index contributed by atoms with van der Waals surface area (Å²) in [6, 6.07) is 14.1. The second-order valence-corrected chi connectivity index (χ2v) is 7.08. The number of rotatable bonds is 7. The molecule has 1 unspecified atom stereocenters. The number of ether oxygens (including phenoxy) is 1. The van der Waals surface area contributed by atoms with Crippen LogP contribution in [0, 0.1) is 0 Å². The Labute approximate surface area is 163 Å². The van der Waals surface area contributed by atoms with Crippen LogP contribution in [0.3, 0.4) is 0 Å². The molecule has 0 aromatic heterocycles. The van der Waals surface area contributed by atoms with Crippen LogP contribution in [0.5, 0.6) is 0 Å². The van der Waals surface area contributed by atoms with Crippen molar-refractivity contribution in [3.05, 3.63) is 70.2 Å². The molecular weight excluding hydrogens is 366 g/mol. The normalized spacial score (nSPS) is 17.8. The Morgan fingerprint density at radius 2 is 2.07 bits per heavy atom. The van der Waals surface area contributed by atoms with Gasteiger partial charge >= 0.3 is 6.03 Å². The lowest BCUT2D eigenvalue weighted by molar-refractivity contribution is -0.120. The van der Waals surface area contributed by atoms with Gasteiger partial charge in [-0.2, -0.15) is 0 Å². The van der Waals surface area contributed by atoms with Crippen LogP contribution in [0.2, 0.25) is 5.02 Å². The van der Waals surface area contributed by atoms with E-state index in [2.05, 4.69) is 10.6 Å². The molecule has 1 aliphatic carbocycles. The van der Waals surface area contributed by atoms with E-state index in [1.807, 2.05) is 48.5 Å². The number of hydrogen-bond donors (Lipinski definition) is 4. The van der Waals surface area contributed by atoms with Crippen LogP contribution in [0.15, 0.2) is 48.5 Å². The van der Waals surface area contributed by atoms with Crippen LogP contribution in [0.4, 0.5) is 4.79 Å². The Morgan fingerprint density at radius 3 is 2.85 bits per heavy atom. The Morgan fingerprint density at radius 1 is 1.30 bits per heavy atom. The molecule has 3 rings (SSSR count). The number of carbonyl (C=O) groups excluding carboxylic acids is 1. The number of amides is 2. The molecule has 2 aromatic rings. The van der Waals surface area contributed by atoms with E-state index in [-0.39, 0.29) is 25.2 Å². The first-order valence-corrected chi connectivity index (χ1v) is 9.32. The number of fused-ring (bicyclic) bond motifs is 1. The maximum absolute atomic E-state index is 12.2. The van der Waals surface area contributed by atoms with Gasteiger partial charge in [0.25, 0.3) is 0 Å². The lowest BCUT2D eigenvalue weighted by Gasteiger charge is -2.21. The van der Waals surface area contributed by atoms with Crippen molar-refractivity contribution >= 4 is 17.6 Å². The molecule has 2 amide bonds. The molecular formula is C20H24ClN3O3. The summed E-state index contributed by atoms with van der Waals surface area (Å²) in [6.45, 7) is 0.352. The van der Waals surface area contributed by atoms with Crippen molar-refractivity contribution in [2.75, 3.05) is 6.54 Å². The largest absolute Gasteiger partial charge is 0.367 e. The first-order valence-electron chi connectivity index (χ1n) is 8.95. The third-order valence-corrected chi connectivity index (χ3v) is 4.85. The summed E-state index contributed by atoms with van der Waals surface area (Å²) in [5, 5.41) is 16.3. The van der Waals surface area contributed by atoms with Crippen LogP contribution in [-0.4, -0.2) is 30.0 Å². The molecule has 0 spiro atoms. The fraction of sp³-hybridized carbons (Fsp3) is 0.350. The van der Waals surface area contributed by atoms with Gasteiger partial charge in [0.05, 0.1) is 18.7 Å². The average molecular weight is 390 g/mol. The summed E-state index contributed by atoms with van der Waals surface area (Å²) in [7, 11) is 0. The second-order valence-electron chi connectivity index (χ2n) is 6.64. The van der Waals surface area contributed by atoms with Gasteiger partial charge in [0, 0.05) is 11.6 Å². The number of carbonyl (C=O) groups is 1. The molecule has 7 heteroatoms. The summed E-state index contributed by atoms with van der Waals surface area (Å²) in [5.41, 5.74) is 9.09. The van der Waals surface area contributed by atoms with Crippen LogP contribution in [-0.2, 0) is 17.8 Å². The molecule has 27 heavy (non-hydrogen) atoms. The van der Waals surface area contributed by atoms with Crippen molar-refractivity contribution in [3.8, 4) is 0 Å². The number of aliphatic hydroxyl groups excluding tert-OH is 1. The Kier molecular flexibility index (Phi) is 6.68. The smallest absolute Gasteiger partial charge is 0.315 e. The molecule has 0 fully saturated rings. The predicted molar refractivity (Wildman–Crippen MR) is 104 cm³/mol. The van der Waals surface area contributed by atoms with Gasteiger partial charge in [0.15, 0.2) is 6.29 Å². The van der Waals surface area contributed by atoms with E-state index >= 15 is 0 Å². The number of urea groups is 1. The van der Waals surface area contributed by atoms with Crippen LogP contribution in [0.25, 0.3) is 0 Å². The number of halogens is 1. The van der Waals surface area contributed by atoms with Crippen LogP contribution < -0.4 is 16.4 Å². The highest BCUT2D eigenvalue weighted by atomic mass is 35.5. The van der Waals surface area contributed by atoms with Gasteiger partial charge in [0.1, 0.15) is 0 Å². The number of nitrogens with two attached hydrogens (primary N) is 1. The van der Waals surface area contributed by atoms with Gasteiger partial charge in [0.2, 0.25) is 0 Å². The van der Waals surface area contributed by atoms with E-state index in [0.29, 0.717) is 5.02 Å². The predicted octanol–water partition coefficient (Wildman–Crippen LogP) is 2.49. The van der Waals surface area contributed by atoms with E-state index in [9.17, 15) is 9.90 Å².